The number of amides is 1. The molecule has 1 fully saturated rings. The summed E-state index contributed by atoms with van der Waals surface area (Å²) in [5.41, 5.74) is 10.0. The summed E-state index contributed by atoms with van der Waals surface area (Å²) in [6.07, 6.45) is 9.54. The van der Waals surface area contributed by atoms with E-state index in [2.05, 4.69) is 30.2 Å². The maximum Gasteiger partial charge on any atom is 0.261 e. The molecule has 32 heavy (non-hydrogen) atoms. The van der Waals surface area contributed by atoms with Crippen LogP contribution in [0.5, 0.6) is 0 Å². The van der Waals surface area contributed by atoms with Crippen molar-refractivity contribution in [3.8, 4) is 0 Å². The van der Waals surface area contributed by atoms with Crippen LogP contribution in [0.15, 0.2) is 28.3 Å². The van der Waals surface area contributed by atoms with E-state index >= 15 is 0 Å². The van der Waals surface area contributed by atoms with Crippen LogP contribution in [0.4, 0.5) is 0 Å². The highest BCUT2D eigenvalue weighted by molar-refractivity contribution is 6.10. The molecule has 3 aliphatic rings. The molecule has 174 valence electrons. The minimum absolute atomic E-state index is 0.00785. The number of rotatable bonds is 8. The number of benzene rings is 1. The molecule has 2 spiro atoms. The number of hydrogen-bond acceptors (Lipinski definition) is 5. The third-order valence-electron chi connectivity index (χ3n) is 7.99. The molecule has 6 heteroatoms. The number of aryl methyl sites for hydroxylation is 1. The maximum atomic E-state index is 14.3. The van der Waals surface area contributed by atoms with Crippen molar-refractivity contribution in [1.29, 1.82) is 5.53 Å². The van der Waals surface area contributed by atoms with Gasteiger partial charge in [0.2, 0.25) is 0 Å². The summed E-state index contributed by atoms with van der Waals surface area (Å²) in [5.74, 6) is 0.740. The van der Waals surface area contributed by atoms with E-state index in [-0.39, 0.29) is 30.0 Å². The van der Waals surface area contributed by atoms with Crippen molar-refractivity contribution < 1.29 is 9.53 Å². The fraction of sp³-hybridized carbons (Fsp3) is 0.692. The first-order valence-corrected chi connectivity index (χ1v) is 12.3. The van der Waals surface area contributed by atoms with E-state index in [4.69, 9.17) is 15.3 Å². The molecule has 1 aliphatic heterocycles. The maximum absolute atomic E-state index is 14.3. The number of hydrogen-bond donors (Lipinski definition) is 1. The standard InChI is InChI=1S/C26H38N4O2/c1-5-6-7-8-19-9-10-20-16-25(13-11-21(32-4)12-14-25)26(22(20)15-19)24(31)30(18(2)3)23(29-26)17-28-27/h9-10,15,18,21,27H,5-8,11-14,16-17H2,1-4H3/t21-,25-,26?. The minimum atomic E-state index is -0.883. The van der Waals surface area contributed by atoms with Gasteiger partial charge in [0.15, 0.2) is 5.54 Å². The molecule has 1 atom stereocenters. The molecule has 0 aromatic heterocycles. The van der Waals surface area contributed by atoms with Crippen LogP contribution in [0.1, 0.15) is 82.4 Å². The van der Waals surface area contributed by atoms with Gasteiger partial charge in [0.25, 0.3) is 5.91 Å². The summed E-state index contributed by atoms with van der Waals surface area (Å²) in [7, 11) is 1.79. The van der Waals surface area contributed by atoms with E-state index in [0.29, 0.717) is 5.84 Å². The van der Waals surface area contributed by atoms with Crippen LogP contribution < -0.4 is 0 Å². The van der Waals surface area contributed by atoms with Gasteiger partial charge >= 0.3 is 0 Å². The fourth-order valence-corrected chi connectivity index (χ4v) is 6.37. The topological polar surface area (TPSA) is 78.1 Å². The lowest BCUT2D eigenvalue weighted by atomic mass is 9.61. The Balaban J connectivity index is 1.83. The van der Waals surface area contributed by atoms with Gasteiger partial charge in [-0.1, -0.05) is 38.0 Å². The molecular weight excluding hydrogens is 400 g/mol. The average Bonchev–Trinajstić information content (AvgIpc) is 3.22. The van der Waals surface area contributed by atoms with Crippen molar-refractivity contribution in [3.05, 3.63) is 34.9 Å². The van der Waals surface area contributed by atoms with E-state index in [0.717, 1.165) is 44.1 Å². The Morgan fingerprint density at radius 3 is 2.66 bits per heavy atom. The third-order valence-corrected chi connectivity index (χ3v) is 7.99. The number of amidine groups is 1. The molecule has 2 aliphatic carbocycles. The van der Waals surface area contributed by atoms with Gasteiger partial charge in [-0.25, -0.2) is 10.5 Å². The van der Waals surface area contributed by atoms with E-state index in [1.807, 2.05) is 18.7 Å². The number of methoxy groups -OCH3 is 1. The van der Waals surface area contributed by atoms with Crippen LogP contribution in [0, 0.1) is 10.9 Å². The summed E-state index contributed by atoms with van der Waals surface area (Å²) in [6.45, 7) is 6.45. The molecule has 6 nitrogen and oxygen atoms in total. The monoisotopic (exact) mass is 438 g/mol. The van der Waals surface area contributed by atoms with Gasteiger partial charge in [-0.15, -0.1) is 0 Å². The van der Waals surface area contributed by atoms with Crippen LogP contribution in [0.3, 0.4) is 0 Å². The zero-order chi connectivity index (χ0) is 22.9. The molecule has 1 N–H and O–H groups in total. The van der Waals surface area contributed by atoms with Crippen molar-refractivity contribution in [1.82, 2.24) is 4.90 Å². The number of nitrogens with zero attached hydrogens (tertiary/aromatic N) is 3. The zero-order valence-electron chi connectivity index (χ0n) is 20.1. The van der Waals surface area contributed by atoms with Crippen molar-refractivity contribution in [2.75, 3.05) is 13.7 Å². The third kappa shape index (κ3) is 3.51. The molecule has 1 saturated carbocycles. The quantitative estimate of drug-likeness (QED) is 0.434. The second-order valence-electron chi connectivity index (χ2n) is 10.2. The molecule has 1 amide bonds. The van der Waals surface area contributed by atoms with Crippen molar-refractivity contribution in [2.24, 2.45) is 15.5 Å². The molecule has 1 aromatic carbocycles. The summed E-state index contributed by atoms with van der Waals surface area (Å²) in [5, 5.41) is 3.63. The Kier molecular flexibility index (Phi) is 6.53. The largest absolute Gasteiger partial charge is 0.381 e. The number of ether oxygens (including phenoxy) is 1. The molecule has 0 bridgehead atoms. The smallest absolute Gasteiger partial charge is 0.261 e. The number of carbonyl (C=O) groups is 1. The minimum Gasteiger partial charge on any atom is -0.381 e. The van der Waals surface area contributed by atoms with Gasteiger partial charge < -0.3 is 4.74 Å². The molecule has 1 aromatic rings. The summed E-state index contributed by atoms with van der Waals surface area (Å²) in [4.78, 5) is 21.4. The predicted molar refractivity (Wildman–Crippen MR) is 126 cm³/mol. The zero-order valence-corrected chi connectivity index (χ0v) is 20.1. The predicted octanol–water partition coefficient (Wildman–Crippen LogP) is 5.43. The first kappa shape index (κ1) is 23.1. The summed E-state index contributed by atoms with van der Waals surface area (Å²) in [6, 6.07) is 6.78. The van der Waals surface area contributed by atoms with Gasteiger partial charge in [-0.05, 0) is 75.5 Å². The highest BCUT2D eigenvalue weighted by atomic mass is 16.5. The van der Waals surface area contributed by atoms with Gasteiger partial charge in [-0.2, -0.15) is 5.11 Å². The highest BCUT2D eigenvalue weighted by Crippen LogP contribution is 2.62. The van der Waals surface area contributed by atoms with E-state index in [1.54, 1.807) is 7.11 Å². The molecule has 0 radical (unpaired) electrons. The van der Waals surface area contributed by atoms with Gasteiger partial charge in [0, 0.05) is 18.6 Å². The van der Waals surface area contributed by atoms with E-state index < -0.39 is 5.54 Å². The molecule has 1 heterocycles. The van der Waals surface area contributed by atoms with Crippen LogP contribution in [-0.4, -0.2) is 42.4 Å². The van der Waals surface area contributed by atoms with Gasteiger partial charge in [0.1, 0.15) is 12.4 Å². The Hall–Kier alpha value is -2.08. The first-order valence-electron chi connectivity index (χ1n) is 12.3. The van der Waals surface area contributed by atoms with E-state index in [1.165, 1.54) is 30.4 Å². The second-order valence-corrected chi connectivity index (χ2v) is 10.2. The van der Waals surface area contributed by atoms with E-state index in [9.17, 15) is 4.79 Å². The fourth-order valence-electron chi connectivity index (χ4n) is 6.37. The van der Waals surface area contributed by atoms with Crippen molar-refractivity contribution >= 4 is 11.7 Å². The summed E-state index contributed by atoms with van der Waals surface area (Å²) < 4.78 is 5.67. The lowest BCUT2D eigenvalue weighted by molar-refractivity contribution is -0.139. The summed E-state index contributed by atoms with van der Waals surface area (Å²) >= 11 is 0. The molecule has 0 saturated heterocycles. The lowest BCUT2D eigenvalue weighted by Crippen LogP contribution is -2.53. The van der Waals surface area contributed by atoms with Crippen LogP contribution in [-0.2, 0) is 27.9 Å². The number of fused-ring (bicyclic) bond motifs is 3. The molecule has 4 rings (SSSR count). The number of carbonyl (C=O) groups excluding carboxylic acids is 1. The molecular formula is C26H38N4O2. The lowest BCUT2D eigenvalue weighted by Gasteiger charge is -2.45. The Bertz CT molecular complexity index is 901. The highest BCUT2D eigenvalue weighted by Gasteiger charge is 2.66. The van der Waals surface area contributed by atoms with Crippen LogP contribution in [0.25, 0.3) is 0 Å². The normalized spacial score (nSPS) is 29.3. The van der Waals surface area contributed by atoms with Gasteiger partial charge in [0.05, 0.1) is 6.10 Å². The second kappa shape index (κ2) is 9.05. The number of unbranched alkanes of at least 4 members (excludes halogenated alkanes) is 2. The van der Waals surface area contributed by atoms with Crippen molar-refractivity contribution in [3.63, 3.8) is 0 Å². The average molecular weight is 439 g/mol. The Morgan fingerprint density at radius 1 is 1.28 bits per heavy atom. The van der Waals surface area contributed by atoms with Gasteiger partial charge in [-0.3, -0.25) is 9.69 Å². The van der Waals surface area contributed by atoms with Crippen molar-refractivity contribution in [2.45, 2.75) is 96.2 Å². The van der Waals surface area contributed by atoms with Crippen LogP contribution >= 0.6 is 0 Å². The van der Waals surface area contributed by atoms with Crippen LogP contribution in [0.2, 0.25) is 0 Å². The number of nitrogens with one attached hydrogen (secondary N) is 1. The number of aliphatic imine (C=N–C) groups is 1. The molecule has 1 unspecified atom stereocenters. The SMILES string of the molecule is CCCCCc1ccc2c(c1)C1(N=C(CN=N)N(C(C)C)C1=O)[C@]1(CC[C@H](OC)CC1)C2. The first-order chi connectivity index (χ1) is 15.4. The Labute approximate surface area is 192 Å². The Morgan fingerprint density at radius 2 is 2.03 bits per heavy atom.